The van der Waals surface area contributed by atoms with Crippen LogP contribution in [0, 0.1) is 0 Å². The van der Waals surface area contributed by atoms with Crippen molar-refractivity contribution < 1.29 is 14.3 Å². The molecule has 3 aromatic rings. The van der Waals surface area contributed by atoms with Gasteiger partial charge in [0.15, 0.2) is 0 Å². The maximum Gasteiger partial charge on any atom is 0.337 e. The van der Waals surface area contributed by atoms with Gasteiger partial charge in [-0.1, -0.05) is 12.1 Å². The Bertz CT molecular complexity index is 1130. The summed E-state index contributed by atoms with van der Waals surface area (Å²) in [5.74, 6) is -0.553. The van der Waals surface area contributed by atoms with Gasteiger partial charge in [0.05, 0.1) is 23.7 Å². The average Bonchev–Trinajstić information content (AvgIpc) is 3.22. The number of methoxy groups -OCH3 is 1. The van der Waals surface area contributed by atoms with Crippen molar-refractivity contribution in [2.75, 3.05) is 18.6 Å². The second kappa shape index (κ2) is 6.42. The van der Waals surface area contributed by atoms with Gasteiger partial charge in [-0.25, -0.2) is 9.59 Å². The van der Waals surface area contributed by atoms with Crippen molar-refractivity contribution in [3.05, 3.63) is 64.1 Å². The summed E-state index contributed by atoms with van der Waals surface area (Å²) in [6, 6.07) is 12.6. The fourth-order valence-electron chi connectivity index (χ4n) is 3.64. The third-order valence-corrected chi connectivity index (χ3v) is 5.04. The van der Waals surface area contributed by atoms with Crippen LogP contribution < -0.4 is 10.6 Å². The molecule has 2 heterocycles. The Morgan fingerprint density at radius 3 is 2.59 bits per heavy atom. The fourth-order valence-corrected chi connectivity index (χ4v) is 3.64. The Kier molecular flexibility index (Phi) is 4.07. The molecule has 0 unspecified atom stereocenters. The molecule has 1 aliphatic heterocycles. The topological polar surface area (TPSA) is 73.5 Å². The smallest absolute Gasteiger partial charge is 0.337 e. The number of aromatic nitrogens is 2. The van der Waals surface area contributed by atoms with Gasteiger partial charge in [-0.05, 0) is 42.3 Å². The molecule has 138 valence electrons. The predicted molar refractivity (Wildman–Crippen MR) is 101 cm³/mol. The van der Waals surface area contributed by atoms with Crippen molar-refractivity contribution in [1.29, 1.82) is 0 Å². The van der Waals surface area contributed by atoms with Crippen LogP contribution in [0.2, 0.25) is 0 Å². The number of para-hydroxylation sites is 2. The Hall–Kier alpha value is -3.35. The molecule has 0 radical (unpaired) electrons. The molecule has 0 bridgehead atoms. The van der Waals surface area contributed by atoms with Crippen molar-refractivity contribution in [2.24, 2.45) is 7.05 Å². The summed E-state index contributed by atoms with van der Waals surface area (Å²) in [5.41, 5.74) is 3.48. The molecule has 7 nitrogen and oxygen atoms in total. The van der Waals surface area contributed by atoms with Gasteiger partial charge in [0.2, 0.25) is 5.91 Å². The van der Waals surface area contributed by atoms with E-state index in [-0.39, 0.29) is 18.1 Å². The third-order valence-electron chi connectivity index (χ3n) is 5.04. The van der Waals surface area contributed by atoms with E-state index in [1.54, 1.807) is 34.7 Å². The van der Waals surface area contributed by atoms with Crippen LogP contribution in [0.4, 0.5) is 5.69 Å². The van der Waals surface area contributed by atoms with E-state index in [2.05, 4.69) is 0 Å². The van der Waals surface area contributed by atoms with E-state index in [0.717, 1.165) is 22.3 Å². The molecule has 7 heteroatoms. The molecule has 1 amide bonds. The molecule has 0 saturated carbocycles. The number of carbonyl (C=O) groups excluding carboxylic acids is 2. The van der Waals surface area contributed by atoms with Gasteiger partial charge in [-0.15, -0.1) is 0 Å². The second-order valence-corrected chi connectivity index (χ2v) is 6.55. The average molecular weight is 365 g/mol. The first-order valence-corrected chi connectivity index (χ1v) is 8.67. The number of imidazole rings is 1. The van der Waals surface area contributed by atoms with E-state index >= 15 is 0 Å². The molecule has 1 aromatic heterocycles. The standard InChI is InChI=1S/C20H19N3O4/c1-21-16-5-3-4-6-17(16)23(20(21)26)12-18(24)22-10-9-13-11-14(19(25)27-2)7-8-15(13)22/h3-8,11H,9-10,12H2,1-2H3. The number of carbonyl (C=O) groups is 2. The van der Waals surface area contributed by atoms with Gasteiger partial charge in [-0.2, -0.15) is 0 Å². The summed E-state index contributed by atoms with van der Waals surface area (Å²) in [6.45, 7) is 0.497. The summed E-state index contributed by atoms with van der Waals surface area (Å²) in [7, 11) is 3.04. The monoisotopic (exact) mass is 365 g/mol. The molecule has 0 fully saturated rings. The van der Waals surface area contributed by atoms with Gasteiger partial charge in [0.1, 0.15) is 6.54 Å². The van der Waals surface area contributed by atoms with Gasteiger partial charge in [-0.3, -0.25) is 13.9 Å². The molecule has 2 aromatic carbocycles. The molecule has 0 atom stereocenters. The van der Waals surface area contributed by atoms with Crippen LogP contribution in [0.3, 0.4) is 0 Å². The van der Waals surface area contributed by atoms with Crippen molar-refractivity contribution >= 4 is 28.6 Å². The highest BCUT2D eigenvalue weighted by Crippen LogP contribution is 2.29. The number of benzene rings is 2. The number of anilines is 1. The maximum atomic E-state index is 12.9. The quantitative estimate of drug-likeness (QED) is 0.663. The number of esters is 1. The number of hydrogen-bond donors (Lipinski definition) is 0. The maximum absolute atomic E-state index is 12.9. The normalized spacial score (nSPS) is 13.0. The minimum atomic E-state index is -0.398. The Morgan fingerprint density at radius 2 is 1.85 bits per heavy atom. The van der Waals surface area contributed by atoms with E-state index in [1.165, 1.54) is 11.7 Å². The number of fused-ring (bicyclic) bond motifs is 2. The predicted octanol–water partition coefficient (Wildman–Crippen LogP) is 1.72. The minimum Gasteiger partial charge on any atom is -0.465 e. The number of amides is 1. The van der Waals surface area contributed by atoms with E-state index in [0.29, 0.717) is 18.5 Å². The highest BCUT2D eigenvalue weighted by Gasteiger charge is 2.26. The van der Waals surface area contributed by atoms with Crippen LogP contribution in [0.5, 0.6) is 0 Å². The summed E-state index contributed by atoms with van der Waals surface area (Å²) >= 11 is 0. The molecular formula is C20H19N3O4. The Balaban J connectivity index is 1.64. The highest BCUT2D eigenvalue weighted by molar-refractivity contribution is 5.97. The zero-order chi connectivity index (χ0) is 19.1. The summed E-state index contributed by atoms with van der Waals surface area (Å²) in [6.07, 6.45) is 0.663. The van der Waals surface area contributed by atoms with Crippen molar-refractivity contribution in [2.45, 2.75) is 13.0 Å². The number of aryl methyl sites for hydroxylation is 1. The fraction of sp³-hybridized carbons (Fsp3) is 0.250. The minimum absolute atomic E-state index is 0.0294. The Labute approximate surface area is 155 Å². The van der Waals surface area contributed by atoms with Crippen LogP contribution in [0.1, 0.15) is 15.9 Å². The van der Waals surface area contributed by atoms with E-state index in [1.807, 2.05) is 24.3 Å². The van der Waals surface area contributed by atoms with Crippen molar-refractivity contribution in [3.8, 4) is 0 Å². The van der Waals surface area contributed by atoms with Gasteiger partial charge < -0.3 is 9.64 Å². The second-order valence-electron chi connectivity index (χ2n) is 6.55. The molecule has 0 spiro atoms. The zero-order valence-electron chi connectivity index (χ0n) is 15.1. The van der Waals surface area contributed by atoms with E-state index in [4.69, 9.17) is 4.74 Å². The number of nitrogens with zero attached hydrogens (tertiary/aromatic N) is 3. The summed E-state index contributed by atoms with van der Waals surface area (Å²) in [5, 5.41) is 0. The number of rotatable bonds is 3. The van der Waals surface area contributed by atoms with Crippen LogP contribution in [0.15, 0.2) is 47.3 Å². The number of hydrogen-bond acceptors (Lipinski definition) is 4. The van der Waals surface area contributed by atoms with Crippen LogP contribution >= 0.6 is 0 Å². The lowest BCUT2D eigenvalue weighted by molar-refractivity contribution is -0.119. The first kappa shape index (κ1) is 17.1. The molecule has 0 N–H and O–H groups in total. The van der Waals surface area contributed by atoms with Crippen molar-refractivity contribution in [1.82, 2.24) is 9.13 Å². The van der Waals surface area contributed by atoms with Crippen LogP contribution in [-0.2, 0) is 29.5 Å². The molecule has 1 aliphatic rings. The summed E-state index contributed by atoms with van der Waals surface area (Å²) in [4.78, 5) is 38.8. The molecule has 4 rings (SSSR count). The van der Waals surface area contributed by atoms with Gasteiger partial charge >= 0.3 is 11.7 Å². The molecule has 0 aliphatic carbocycles. The lowest BCUT2D eigenvalue weighted by atomic mass is 10.1. The first-order valence-electron chi connectivity index (χ1n) is 8.67. The summed E-state index contributed by atoms with van der Waals surface area (Å²) < 4.78 is 7.79. The van der Waals surface area contributed by atoms with Crippen LogP contribution in [-0.4, -0.2) is 34.7 Å². The SMILES string of the molecule is COC(=O)c1ccc2c(c1)CCN2C(=O)Cn1c(=O)n(C)c2ccccc21. The highest BCUT2D eigenvalue weighted by atomic mass is 16.5. The van der Waals surface area contributed by atoms with Crippen LogP contribution in [0.25, 0.3) is 11.0 Å². The molecule has 0 saturated heterocycles. The van der Waals surface area contributed by atoms with Crippen molar-refractivity contribution in [3.63, 3.8) is 0 Å². The molecule has 27 heavy (non-hydrogen) atoms. The lowest BCUT2D eigenvalue weighted by Crippen LogP contribution is -2.35. The largest absolute Gasteiger partial charge is 0.465 e. The van der Waals surface area contributed by atoms with Gasteiger partial charge in [0.25, 0.3) is 0 Å². The zero-order valence-corrected chi connectivity index (χ0v) is 15.1. The first-order chi connectivity index (χ1) is 13.0. The third kappa shape index (κ3) is 2.71. The van der Waals surface area contributed by atoms with E-state index < -0.39 is 5.97 Å². The Morgan fingerprint density at radius 1 is 1.11 bits per heavy atom. The van der Waals surface area contributed by atoms with Gasteiger partial charge in [0, 0.05) is 19.3 Å². The van der Waals surface area contributed by atoms with E-state index in [9.17, 15) is 14.4 Å². The lowest BCUT2D eigenvalue weighted by Gasteiger charge is -2.18. The molecular weight excluding hydrogens is 346 g/mol. The number of ether oxygens (including phenoxy) is 1.